The number of amides is 1. The summed E-state index contributed by atoms with van der Waals surface area (Å²) in [5.41, 5.74) is 0.211. The van der Waals surface area contributed by atoms with Gasteiger partial charge >= 0.3 is 0 Å². The van der Waals surface area contributed by atoms with Crippen LogP contribution in [-0.2, 0) is 0 Å². The Morgan fingerprint density at radius 2 is 1.61 bits per heavy atom. The second-order valence-electron chi connectivity index (χ2n) is 3.53. The molecule has 0 aliphatic rings. The van der Waals surface area contributed by atoms with E-state index < -0.39 is 11.7 Å². The van der Waals surface area contributed by atoms with Crippen LogP contribution in [0.5, 0.6) is 0 Å². The SMILES string of the molecule is O=C(Nc1c(Cl)cccc1Cl)c1ccccc1F. The Balaban J connectivity index is 2.30. The molecule has 0 saturated carbocycles. The normalized spacial score (nSPS) is 10.2. The van der Waals surface area contributed by atoms with Crippen LogP contribution < -0.4 is 5.32 Å². The highest BCUT2D eigenvalue weighted by atomic mass is 35.5. The molecule has 0 aliphatic heterocycles. The van der Waals surface area contributed by atoms with Gasteiger partial charge in [0.1, 0.15) is 5.82 Å². The number of benzene rings is 2. The molecule has 0 spiro atoms. The number of para-hydroxylation sites is 1. The highest BCUT2D eigenvalue weighted by molar-refractivity contribution is 6.40. The zero-order valence-corrected chi connectivity index (χ0v) is 10.6. The Morgan fingerprint density at radius 3 is 2.22 bits per heavy atom. The van der Waals surface area contributed by atoms with Gasteiger partial charge in [0, 0.05) is 0 Å². The maximum absolute atomic E-state index is 13.4. The van der Waals surface area contributed by atoms with Crippen molar-refractivity contribution < 1.29 is 9.18 Å². The zero-order valence-electron chi connectivity index (χ0n) is 9.08. The standard InChI is InChI=1S/C13H8Cl2FNO/c14-9-5-3-6-10(15)12(9)17-13(18)8-4-1-2-7-11(8)16/h1-7H,(H,17,18). The van der Waals surface area contributed by atoms with Gasteiger partial charge in [-0.3, -0.25) is 4.79 Å². The monoisotopic (exact) mass is 283 g/mol. The van der Waals surface area contributed by atoms with Crippen LogP contribution in [0.4, 0.5) is 10.1 Å². The van der Waals surface area contributed by atoms with Gasteiger partial charge < -0.3 is 5.32 Å². The number of halogens is 3. The molecule has 2 rings (SSSR count). The summed E-state index contributed by atoms with van der Waals surface area (Å²) in [6.45, 7) is 0. The van der Waals surface area contributed by atoms with Crippen molar-refractivity contribution in [2.24, 2.45) is 0 Å². The predicted octanol–water partition coefficient (Wildman–Crippen LogP) is 4.38. The fourth-order valence-electron chi connectivity index (χ4n) is 1.44. The Kier molecular flexibility index (Phi) is 3.84. The van der Waals surface area contributed by atoms with Crippen LogP contribution in [0.2, 0.25) is 10.0 Å². The van der Waals surface area contributed by atoms with Gasteiger partial charge in [0.25, 0.3) is 5.91 Å². The number of hydrogen-bond donors (Lipinski definition) is 1. The van der Waals surface area contributed by atoms with Crippen molar-refractivity contribution in [3.05, 3.63) is 63.9 Å². The molecule has 0 atom stereocenters. The average molecular weight is 284 g/mol. The van der Waals surface area contributed by atoms with Crippen molar-refractivity contribution in [2.75, 3.05) is 5.32 Å². The van der Waals surface area contributed by atoms with Gasteiger partial charge in [0.05, 0.1) is 21.3 Å². The third-order valence-electron chi connectivity index (χ3n) is 2.32. The molecular weight excluding hydrogens is 276 g/mol. The molecule has 2 nitrogen and oxygen atoms in total. The first kappa shape index (κ1) is 12.9. The highest BCUT2D eigenvalue weighted by Gasteiger charge is 2.14. The molecule has 1 amide bonds. The first-order valence-electron chi connectivity index (χ1n) is 5.09. The largest absolute Gasteiger partial charge is 0.319 e. The molecule has 0 unspecified atom stereocenters. The minimum atomic E-state index is -0.599. The van der Waals surface area contributed by atoms with E-state index in [0.717, 1.165) is 0 Å². The summed E-state index contributed by atoms with van der Waals surface area (Å²) in [7, 11) is 0. The number of anilines is 1. The number of nitrogens with one attached hydrogen (secondary N) is 1. The van der Waals surface area contributed by atoms with Gasteiger partial charge in [-0.2, -0.15) is 0 Å². The molecule has 0 aromatic heterocycles. The first-order valence-corrected chi connectivity index (χ1v) is 5.85. The lowest BCUT2D eigenvalue weighted by Gasteiger charge is -2.09. The highest BCUT2D eigenvalue weighted by Crippen LogP contribution is 2.30. The molecular formula is C13H8Cl2FNO. The van der Waals surface area contributed by atoms with E-state index in [-0.39, 0.29) is 11.3 Å². The van der Waals surface area contributed by atoms with Crippen LogP contribution >= 0.6 is 23.2 Å². The van der Waals surface area contributed by atoms with Crippen molar-refractivity contribution in [2.45, 2.75) is 0 Å². The van der Waals surface area contributed by atoms with Crippen LogP contribution in [0.15, 0.2) is 42.5 Å². The van der Waals surface area contributed by atoms with Crippen molar-refractivity contribution in [1.82, 2.24) is 0 Å². The smallest absolute Gasteiger partial charge is 0.258 e. The Bertz CT molecular complexity index is 581. The molecule has 1 N–H and O–H groups in total. The molecule has 92 valence electrons. The second-order valence-corrected chi connectivity index (χ2v) is 4.35. The van der Waals surface area contributed by atoms with Crippen LogP contribution in [-0.4, -0.2) is 5.91 Å². The third-order valence-corrected chi connectivity index (χ3v) is 2.95. The van der Waals surface area contributed by atoms with E-state index in [0.29, 0.717) is 10.0 Å². The van der Waals surface area contributed by atoms with Crippen molar-refractivity contribution in [3.8, 4) is 0 Å². The number of carbonyl (C=O) groups excluding carboxylic acids is 1. The average Bonchev–Trinajstić information content (AvgIpc) is 2.34. The summed E-state index contributed by atoms with van der Waals surface area (Å²) in [4.78, 5) is 11.9. The summed E-state index contributed by atoms with van der Waals surface area (Å²) in [6.07, 6.45) is 0. The topological polar surface area (TPSA) is 29.1 Å². The fourth-order valence-corrected chi connectivity index (χ4v) is 1.94. The second kappa shape index (κ2) is 5.38. The minimum Gasteiger partial charge on any atom is -0.319 e. The third kappa shape index (κ3) is 2.63. The number of carbonyl (C=O) groups is 1. The van der Waals surface area contributed by atoms with Gasteiger partial charge in [-0.05, 0) is 24.3 Å². The van der Waals surface area contributed by atoms with E-state index >= 15 is 0 Å². The minimum absolute atomic E-state index is 0.0616. The molecule has 0 bridgehead atoms. The van der Waals surface area contributed by atoms with Crippen molar-refractivity contribution in [3.63, 3.8) is 0 Å². The summed E-state index contributed by atoms with van der Waals surface area (Å²) < 4.78 is 13.4. The Labute approximate surface area is 113 Å². The van der Waals surface area contributed by atoms with Crippen LogP contribution in [0.1, 0.15) is 10.4 Å². The summed E-state index contributed by atoms with van der Waals surface area (Å²) in [5.74, 6) is -1.19. The Hall–Kier alpha value is -1.58. The van der Waals surface area contributed by atoms with Gasteiger partial charge in [-0.15, -0.1) is 0 Å². The van der Waals surface area contributed by atoms with Crippen molar-refractivity contribution in [1.29, 1.82) is 0 Å². The fraction of sp³-hybridized carbons (Fsp3) is 0. The molecule has 0 radical (unpaired) electrons. The van der Waals surface area contributed by atoms with Gasteiger partial charge in [0.15, 0.2) is 0 Å². The molecule has 2 aromatic rings. The van der Waals surface area contributed by atoms with E-state index in [1.165, 1.54) is 18.2 Å². The number of hydrogen-bond acceptors (Lipinski definition) is 1. The van der Waals surface area contributed by atoms with E-state index in [1.807, 2.05) is 0 Å². The summed E-state index contributed by atoms with van der Waals surface area (Å²) in [5, 5.41) is 3.09. The molecule has 2 aromatic carbocycles. The van der Waals surface area contributed by atoms with E-state index in [4.69, 9.17) is 23.2 Å². The lowest BCUT2D eigenvalue weighted by Crippen LogP contribution is -2.14. The molecule has 0 fully saturated rings. The zero-order chi connectivity index (χ0) is 13.1. The lowest BCUT2D eigenvalue weighted by atomic mass is 10.2. The summed E-state index contributed by atoms with van der Waals surface area (Å²) >= 11 is 11.8. The van der Waals surface area contributed by atoms with E-state index in [1.54, 1.807) is 24.3 Å². The van der Waals surface area contributed by atoms with E-state index in [9.17, 15) is 9.18 Å². The molecule has 18 heavy (non-hydrogen) atoms. The van der Waals surface area contributed by atoms with Gasteiger partial charge in [-0.1, -0.05) is 41.4 Å². The molecule has 0 saturated heterocycles. The van der Waals surface area contributed by atoms with Gasteiger partial charge in [0.2, 0.25) is 0 Å². The first-order chi connectivity index (χ1) is 8.59. The van der Waals surface area contributed by atoms with Crippen LogP contribution in [0.3, 0.4) is 0 Å². The molecule has 0 aliphatic carbocycles. The molecule has 0 heterocycles. The van der Waals surface area contributed by atoms with Crippen molar-refractivity contribution >= 4 is 34.8 Å². The Morgan fingerprint density at radius 1 is 1.00 bits per heavy atom. The predicted molar refractivity (Wildman–Crippen MR) is 70.8 cm³/mol. The number of rotatable bonds is 2. The van der Waals surface area contributed by atoms with Crippen LogP contribution in [0.25, 0.3) is 0 Å². The maximum atomic E-state index is 13.4. The maximum Gasteiger partial charge on any atom is 0.258 e. The summed E-state index contributed by atoms with van der Waals surface area (Å²) in [6, 6.07) is 10.5. The van der Waals surface area contributed by atoms with Crippen LogP contribution in [0, 0.1) is 5.82 Å². The molecule has 5 heteroatoms. The quantitative estimate of drug-likeness (QED) is 0.870. The van der Waals surface area contributed by atoms with Gasteiger partial charge in [-0.25, -0.2) is 4.39 Å². The van der Waals surface area contributed by atoms with E-state index in [2.05, 4.69) is 5.32 Å². The lowest BCUT2D eigenvalue weighted by molar-refractivity contribution is 0.102.